The number of hydrogen-bond donors (Lipinski definition) is 1. The second-order valence-corrected chi connectivity index (χ2v) is 8.29. The standard InChI is InChI=1S/C25H22FN3O3S/c1-17-2-7-21(8-3-17)31-15-25-29-20(16-33-25)12-23(30)27-13-18-4-11-24(28-14-18)32-22-9-5-19(26)6-10-22/h2-11,14,16H,12-13,15H2,1H3,(H,27,30). The van der Waals surface area contributed by atoms with Crippen LogP contribution in [0, 0.1) is 12.7 Å². The molecule has 0 fully saturated rings. The summed E-state index contributed by atoms with van der Waals surface area (Å²) in [6.45, 7) is 2.74. The Balaban J connectivity index is 1.21. The van der Waals surface area contributed by atoms with Crippen molar-refractivity contribution in [2.24, 2.45) is 0 Å². The lowest BCUT2D eigenvalue weighted by Gasteiger charge is -2.07. The molecule has 0 saturated heterocycles. The maximum Gasteiger partial charge on any atom is 0.226 e. The molecule has 4 rings (SSSR count). The van der Waals surface area contributed by atoms with Gasteiger partial charge in [0.05, 0.1) is 12.1 Å². The molecule has 0 aliphatic carbocycles. The van der Waals surface area contributed by atoms with Gasteiger partial charge in [-0.05, 0) is 48.9 Å². The van der Waals surface area contributed by atoms with E-state index in [1.165, 1.54) is 41.2 Å². The third-order valence-corrected chi connectivity index (χ3v) is 5.52. The number of carbonyl (C=O) groups is 1. The molecule has 1 amide bonds. The van der Waals surface area contributed by atoms with Crippen molar-refractivity contribution in [3.63, 3.8) is 0 Å². The van der Waals surface area contributed by atoms with Crippen LogP contribution in [0.15, 0.2) is 72.2 Å². The number of rotatable bonds is 9. The Kier molecular flexibility index (Phi) is 7.26. The summed E-state index contributed by atoms with van der Waals surface area (Å²) in [5.74, 6) is 1.22. The predicted molar refractivity (Wildman–Crippen MR) is 124 cm³/mol. The van der Waals surface area contributed by atoms with Crippen molar-refractivity contribution in [1.29, 1.82) is 0 Å². The van der Waals surface area contributed by atoms with Gasteiger partial charge >= 0.3 is 0 Å². The predicted octanol–water partition coefficient (Wildman–Crippen LogP) is 5.22. The summed E-state index contributed by atoms with van der Waals surface area (Å²) in [4.78, 5) is 21.0. The van der Waals surface area contributed by atoms with Gasteiger partial charge in [0.2, 0.25) is 11.8 Å². The van der Waals surface area contributed by atoms with Crippen LogP contribution in [-0.4, -0.2) is 15.9 Å². The second kappa shape index (κ2) is 10.7. The number of halogens is 1. The lowest BCUT2D eigenvalue weighted by atomic mass is 10.2. The molecule has 6 nitrogen and oxygen atoms in total. The second-order valence-electron chi connectivity index (χ2n) is 7.35. The summed E-state index contributed by atoms with van der Waals surface area (Å²) < 4.78 is 24.3. The monoisotopic (exact) mass is 463 g/mol. The van der Waals surface area contributed by atoms with Crippen LogP contribution in [0.4, 0.5) is 4.39 Å². The summed E-state index contributed by atoms with van der Waals surface area (Å²) in [5, 5.41) is 5.56. The maximum atomic E-state index is 13.0. The molecule has 0 bridgehead atoms. The molecule has 1 N–H and O–H groups in total. The van der Waals surface area contributed by atoms with Gasteiger partial charge in [-0.15, -0.1) is 11.3 Å². The third kappa shape index (κ3) is 6.85. The van der Waals surface area contributed by atoms with Crippen molar-refractivity contribution in [2.45, 2.75) is 26.5 Å². The van der Waals surface area contributed by atoms with Crippen LogP contribution in [0.3, 0.4) is 0 Å². The Morgan fingerprint density at radius 2 is 1.79 bits per heavy atom. The number of nitrogens with zero attached hydrogens (tertiary/aromatic N) is 2. The summed E-state index contributed by atoms with van der Waals surface area (Å²) in [7, 11) is 0. The molecule has 0 saturated carbocycles. The molecule has 2 aromatic heterocycles. The van der Waals surface area contributed by atoms with E-state index in [0.29, 0.717) is 30.5 Å². The summed E-state index contributed by atoms with van der Waals surface area (Å²) >= 11 is 1.47. The molecule has 0 spiro atoms. The van der Waals surface area contributed by atoms with Gasteiger partial charge in [-0.3, -0.25) is 4.79 Å². The van der Waals surface area contributed by atoms with Crippen molar-refractivity contribution in [3.8, 4) is 17.4 Å². The molecular weight excluding hydrogens is 441 g/mol. The summed E-state index contributed by atoms with van der Waals surface area (Å²) in [5.41, 5.74) is 2.72. The Morgan fingerprint density at radius 3 is 2.52 bits per heavy atom. The van der Waals surface area contributed by atoms with Crippen LogP contribution >= 0.6 is 11.3 Å². The highest BCUT2D eigenvalue weighted by Gasteiger charge is 2.09. The molecule has 2 heterocycles. The first-order valence-corrected chi connectivity index (χ1v) is 11.2. The average molecular weight is 464 g/mol. The molecule has 0 atom stereocenters. The molecule has 0 aliphatic heterocycles. The van der Waals surface area contributed by atoms with E-state index in [2.05, 4.69) is 15.3 Å². The number of benzene rings is 2. The van der Waals surface area contributed by atoms with Gasteiger partial charge in [0.1, 0.15) is 28.9 Å². The van der Waals surface area contributed by atoms with Gasteiger partial charge in [-0.2, -0.15) is 0 Å². The van der Waals surface area contributed by atoms with Crippen molar-refractivity contribution < 1.29 is 18.7 Å². The highest BCUT2D eigenvalue weighted by molar-refractivity contribution is 7.09. The highest BCUT2D eigenvalue weighted by Crippen LogP contribution is 2.20. The van der Waals surface area contributed by atoms with E-state index in [1.807, 2.05) is 42.6 Å². The molecule has 0 unspecified atom stereocenters. The first kappa shape index (κ1) is 22.4. The number of thiazole rings is 1. The number of aromatic nitrogens is 2. The van der Waals surface area contributed by atoms with E-state index < -0.39 is 0 Å². The molecule has 0 radical (unpaired) electrons. The number of pyridine rings is 1. The Bertz CT molecular complexity index is 1190. The maximum absolute atomic E-state index is 13.0. The van der Waals surface area contributed by atoms with Gasteiger partial charge in [0.25, 0.3) is 0 Å². The Morgan fingerprint density at radius 1 is 1.03 bits per heavy atom. The van der Waals surface area contributed by atoms with E-state index in [9.17, 15) is 9.18 Å². The van der Waals surface area contributed by atoms with Crippen LogP contribution in [0.25, 0.3) is 0 Å². The zero-order valence-corrected chi connectivity index (χ0v) is 18.8. The fraction of sp³-hybridized carbons (Fsp3) is 0.160. The zero-order valence-electron chi connectivity index (χ0n) is 18.0. The fourth-order valence-electron chi connectivity index (χ4n) is 2.90. The van der Waals surface area contributed by atoms with Crippen LogP contribution in [0.2, 0.25) is 0 Å². The summed E-state index contributed by atoms with van der Waals surface area (Å²) in [6, 6.07) is 17.1. The minimum Gasteiger partial charge on any atom is -0.486 e. The lowest BCUT2D eigenvalue weighted by Crippen LogP contribution is -2.24. The first-order valence-electron chi connectivity index (χ1n) is 10.3. The number of nitrogens with one attached hydrogen (secondary N) is 1. The van der Waals surface area contributed by atoms with Gasteiger partial charge in [-0.1, -0.05) is 23.8 Å². The molecular formula is C25H22FN3O3S. The van der Waals surface area contributed by atoms with Crippen LogP contribution in [-0.2, 0) is 24.4 Å². The van der Waals surface area contributed by atoms with Crippen molar-refractivity contribution in [3.05, 3.63) is 99.9 Å². The summed E-state index contributed by atoms with van der Waals surface area (Å²) in [6.07, 6.45) is 1.82. The number of carbonyl (C=O) groups excluding carboxylic acids is 1. The van der Waals surface area contributed by atoms with Crippen molar-refractivity contribution in [2.75, 3.05) is 0 Å². The first-order chi connectivity index (χ1) is 16.0. The quantitative estimate of drug-likeness (QED) is 0.369. The van der Waals surface area contributed by atoms with Gasteiger partial charge < -0.3 is 14.8 Å². The van der Waals surface area contributed by atoms with Crippen LogP contribution in [0.1, 0.15) is 21.8 Å². The molecule has 2 aromatic carbocycles. The number of ether oxygens (including phenoxy) is 2. The fourth-order valence-corrected chi connectivity index (χ4v) is 3.61. The molecule has 4 aromatic rings. The molecule has 8 heteroatoms. The normalized spacial score (nSPS) is 10.6. The number of aryl methyl sites for hydroxylation is 1. The van der Waals surface area contributed by atoms with E-state index in [4.69, 9.17) is 9.47 Å². The minimum atomic E-state index is -0.328. The van der Waals surface area contributed by atoms with Crippen molar-refractivity contribution in [1.82, 2.24) is 15.3 Å². The molecule has 0 aliphatic rings. The smallest absolute Gasteiger partial charge is 0.226 e. The average Bonchev–Trinajstić information content (AvgIpc) is 3.27. The Hall–Kier alpha value is -3.78. The van der Waals surface area contributed by atoms with E-state index in [-0.39, 0.29) is 18.1 Å². The molecule has 168 valence electrons. The topological polar surface area (TPSA) is 73.3 Å². The van der Waals surface area contributed by atoms with E-state index in [0.717, 1.165) is 16.3 Å². The van der Waals surface area contributed by atoms with E-state index in [1.54, 1.807) is 12.3 Å². The van der Waals surface area contributed by atoms with E-state index >= 15 is 0 Å². The number of hydrogen-bond acceptors (Lipinski definition) is 6. The van der Waals surface area contributed by atoms with Crippen molar-refractivity contribution >= 4 is 17.2 Å². The van der Waals surface area contributed by atoms with Crippen LogP contribution in [0.5, 0.6) is 17.4 Å². The lowest BCUT2D eigenvalue weighted by molar-refractivity contribution is -0.120. The third-order valence-electron chi connectivity index (χ3n) is 4.65. The van der Waals surface area contributed by atoms with Crippen LogP contribution < -0.4 is 14.8 Å². The van der Waals surface area contributed by atoms with Gasteiger partial charge in [0.15, 0.2) is 0 Å². The SMILES string of the molecule is Cc1ccc(OCc2nc(CC(=O)NCc3ccc(Oc4ccc(F)cc4)nc3)cs2)cc1. The highest BCUT2D eigenvalue weighted by atomic mass is 32.1. The van der Waals surface area contributed by atoms with Gasteiger partial charge in [0, 0.05) is 24.2 Å². The van der Waals surface area contributed by atoms with Gasteiger partial charge in [-0.25, -0.2) is 14.4 Å². The number of amides is 1. The Labute approximate surface area is 195 Å². The molecule has 33 heavy (non-hydrogen) atoms. The zero-order chi connectivity index (χ0) is 23.0. The minimum absolute atomic E-state index is 0.127. The largest absolute Gasteiger partial charge is 0.486 e.